The Morgan fingerprint density at radius 2 is 1.44 bits per heavy atom. The highest BCUT2D eigenvalue weighted by atomic mass is 16.7. The van der Waals surface area contributed by atoms with Gasteiger partial charge in [0.2, 0.25) is 0 Å². The Balaban J connectivity index is 2.22. The van der Waals surface area contributed by atoms with Crippen molar-refractivity contribution in [1.29, 1.82) is 0 Å². The molecule has 3 aliphatic rings. The van der Waals surface area contributed by atoms with Gasteiger partial charge in [0.15, 0.2) is 12.6 Å². The third-order valence-electron chi connectivity index (χ3n) is 12.3. The smallest absolute Gasteiger partial charge is 0.311 e. The number of aliphatic hydroxyl groups is 4. The molecular weight excluding hydrogens is 678 g/mol. The summed E-state index contributed by atoms with van der Waals surface area (Å²) in [4.78, 5) is 30.1. The van der Waals surface area contributed by atoms with E-state index in [9.17, 15) is 30.0 Å². The first-order valence-electron chi connectivity index (χ1n) is 18.9. The summed E-state index contributed by atoms with van der Waals surface area (Å²) in [5.74, 6) is -4.47. The number of carbonyl (C=O) groups excluding carboxylic acids is 2. The predicted octanol–water partition coefficient (Wildman–Crippen LogP) is 2.44. The van der Waals surface area contributed by atoms with Gasteiger partial charge in [-0.3, -0.25) is 9.59 Å². The third kappa shape index (κ3) is 9.38. The zero-order valence-corrected chi connectivity index (χ0v) is 33.9. The van der Waals surface area contributed by atoms with Crippen LogP contribution in [0.25, 0.3) is 0 Å². The highest BCUT2D eigenvalue weighted by Gasteiger charge is 2.54. The lowest BCUT2D eigenvalue weighted by Gasteiger charge is -2.50. The molecule has 0 spiro atoms. The molecule has 14 nitrogen and oxygen atoms in total. The van der Waals surface area contributed by atoms with Crippen LogP contribution in [0, 0.1) is 23.7 Å². The van der Waals surface area contributed by atoms with E-state index >= 15 is 0 Å². The molecule has 3 rings (SSSR count). The average molecular weight is 748 g/mol. The van der Waals surface area contributed by atoms with Gasteiger partial charge in [-0.25, -0.2) is 0 Å². The summed E-state index contributed by atoms with van der Waals surface area (Å²) in [7, 11) is 6.77. The fourth-order valence-corrected chi connectivity index (χ4v) is 8.58. The second-order valence-electron chi connectivity index (χ2n) is 16.6. The first-order valence-corrected chi connectivity index (χ1v) is 18.9. The van der Waals surface area contributed by atoms with E-state index in [1.807, 2.05) is 32.8 Å². The quantitative estimate of drug-likeness (QED) is 0.266. The van der Waals surface area contributed by atoms with E-state index in [4.69, 9.17) is 33.2 Å². The lowest BCUT2D eigenvalue weighted by molar-refractivity contribution is -0.319. The number of carbonyl (C=O) groups is 2. The fraction of sp³-hybridized carbons (Fsp3) is 0.947. The molecule has 0 radical (unpaired) electrons. The Hall–Kier alpha value is -1.30. The predicted molar refractivity (Wildman–Crippen MR) is 191 cm³/mol. The number of hydrogen-bond donors (Lipinski definition) is 4. The molecule has 0 saturated carbocycles. The molecular formula is C38H69NO13. The maximum atomic E-state index is 14.2. The van der Waals surface area contributed by atoms with Crippen molar-refractivity contribution in [3.63, 3.8) is 0 Å². The van der Waals surface area contributed by atoms with Crippen molar-refractivity contribution in [3.8, 4) is 0 Å². The fourth-order valence-electron chi connectivity index (χ4n) is 8.58. The van der Waals surface area contributed by atoms with Gasteiger partial charge >= 0.3 is 5.97 Å². The highest BCUT2D eigenvalue weighted by Crippen LogP contribution is 2.41. The Morgan fingerprint density at radius 3 is 1.98 bits per heavy atom. The third-order valence-corrected chi connectivity index (χ3v) is 12.3. The Labute approximate surface area is 310 Å². The first-order chi connectivity index (χ1) is 24.0. The molecule has 4 N–H and O–H groups in total. The summed E-state index contributed by atoms with van der Waals surface area (Å²) >= 11 is 0. The second-order valence-corrected chi connectivity index (χ2v) is 16.6. The monoisotopic (exact) mass is 747 g/mol. The number of hydrogen-bond acceptors (Lipinski definition) is 14. The molecule has 3 heterocycles. The van der Waals surface area contributed by atoms with Crippen LogP contribution >= 0.6 is 0 Å². The van der Waals surface area contributed by atoms with Crippen molar-refractivity contribution in [3.05, 3.63) is 0 Å². The summed E-state index contributed by atoms with van der Waals surface area (Å²) < 4.78 is 43.9. The van der Waals surface area contributed by atoms with Gasteiger partial charge in [-0.2, -0.15) is 0 Å². The maximum Gasteiger partial charge on any atom is 0.311 e. The van der Waals surface area contributed by atoms with E-state index in [0.717, 1.165) is 0 Å². The van der Waals surface area contributed by atoms with Crippen molar-refractivity contribution < 1.29 is 63.2 Å². The van der Waals surface area contributed by atoms with Crippen LogP contribution in [0.1, 0.15) is 94.9 Å². The number of ketones is 1. The standard InChI is InChI=1S/C38H69NO13/c1-15-26-38(10,45)31(42)21(4)28(40)19(2)17-37(9,47-14)33(52-35-29(41)25(39(11)12)16-20(3)48-35)22(5)30(23(6)34(44)50-26)51-27-18-36(8,46-13)32(43)24(7)49-27/h19-27,29-33,35,41-43,45H,15-18H2,1-14H3/t19-,20-,21?,22+,23-,24?,25+,26-,27+,29-,30+,31?,32+,33-,35+,36-,37-,38-/m1/s1. The zero-order chi connectivity index (χ0) is 39.7. The highest BCUT2D eigenvalue weighted by molar-refractivity contribution is 5.83. The van der Waals surface area contributed by atoms with Gasteiger partial charge < -0.3 is 58.5 Å². The zero-order valence-electron chi connectivity index (χ0n) is 33.9. The average Bonchev–Trinajstić information content (AvgIpc) is 3.09. The molecule has 0 aromatic rings. The molecule has 52 heavy (non-hydrogen) atoms. The normalized spacial score (nSPS) is 49.0. The van der Waals surface area contributed by atoms with Gasteiger partial charge in [0, 0.05) is 44.4 Å². The largest absolute Gasteiger partial charge is 0.459 e. The summed E-state index contributed by atoms with van der Waals surface area (Å²) in [6.45, 7) is 17.1. The van der Waals surface area contributed by atoms with E-state index < -0.39 is 102 Å². The molecule has 0 aromatic carbocycles. The molecule has 0 aromatic heterocycles. The van der Waals surface area contributed by atoms with E-state index in [2.05, 4.69) is 0 Å². The summed E-state index contributed by atoms with van der Waals surface area (Å²) in [6, 6.07) is -0.283. The molecule has 0 aliphatic carbocycles. The SMILES string of the molecule is CC[C@H]1OC(=O)[C@H](C)[C@@H](O[C@H]2C[C@@](C)(OC)[C@@H](O)C(C)O2)[C@H](C)[C@@H](O[C@@H]2O[C@H](C)C[C@H](N(C)C)[C@H]2O)[C@](C)(OC)C[C@@H](C)C(=O)C(C)C(O)[C@]1(C)O. The van der Waals surface area contributed by atoms with Crippen LogP contribution < -0.4 is 0 Å². The Morgan fingerprint density at radius 1 is 0.846 bits per heavy atom. The van der Waals surface area contributed by atoms with Gasteiger partial charge in [-0.1, -0.05) is 27.7 Å². The topological polar surface area (TPSA) is 183 Å². The number of rotatable bonds is 8. The molecule has 18 atom stereocenters. The lowest BCUT2D eigenvalue weighted by atomic mass is 9.74. The minimum atomic E-state index is -1.96. The molecule has 14 heteroatoms. The van der Waals surface area contributed by atoms with Crippen molar-refractivity contribution in [2.75, 3.05) is 28.3 Å². The summed E-state index contributed by atoms with van der Waals surface area (Å²) in [6.07, 6.45) is -8.73. The molecule has 3 unspecified atom stereocenters. The molecule has 3 aliphatic heterocycles. The number of Topliss-reactive ketones (excluding diaryl/α,β-unsaturated/α-hetero) is 1. The second kappa shape index (κ2) is 17.7. The number of likely N-dealkylation sites (N-methyl/N-ethyl adjacent to an activating group) is 1. The van der Waals surface area contributed by atoms with Gasteiger partial charge in [0.25, 0.3) is 0 Å². The van der Waals surface area contributed by atoms with E-state index in [1.54, 1.807) is 48.5 Å². The lowest BCUT2D eigenvalue weighted by Crippen LogP contribution is -2.61. The molecule has 0 amide bonds. The van der Waals surface area contributed by atoms with E-state index in [1.165, 1.54) is 21.1 Å². The number of cyclic esters (lactones) is 1. The molecule has 3 saturated heterocycles. The number of aliphatic hydroxyl groups excluding tert-OH is 3. The van der Waals surface area contributed by atoms with Crippen molar-refractivity contribution >= 4 is 11.8 Å². The Kier molecular flexibility index (Phi) is 15.3. The van der Waals surface area contributed by atoms with Crippen LogP contribution in [-0.2, 0) is 42.7 Å². The van der Waals surface area contributed by atoms with Crippen LogP contribution in [0.4, 0.5) is 0 Å². The minimum absolute atomic E-state index is 0.111. The van der Waals surface area contributed by atoms with Crippen LogP contribution in [0.5, 0.6) is 0 Å². The number of nitrogens with zero attached hydrogens (tertiary/aromatic N) is 1. The summed E-state index contributed by atoms with van der Waals surface area (Å²) in [5.41, 5.74) is -4.24. The van der Waals surface area contributed by atoms with Gasteiger partial charge in [-0.05, 0) is 74.9 Å². The Bertz CT molecular complexity index is 1190. The van der Waals surface area contributed by atoms with Gasteiger partial charge in [-0.15, -0.1) is 0 Å². The van der Waals surface area contributed by atoms with Crippen LogP contribution in [0.15, 0.2) is 0 Å². The van der Waals surface area contributed by atoms with Gasteiger partial charge in [0.05, 0.1) is 47.6 Å². The van der Waals surface area contributed by atoms with Crippen LogP contribution in [0.3, 0.4) is 0 Å². The van der Waals surface area contributed by atoms with Crippen molar-refractivity contribution in [1.82, 2.24) is 4.90 Å². The minimum Gasteiger partial charge on any atom is -0.459 e. The van der Waals surface area contributed by atoms with E-state index in [0.29, 0.717) is 6.42 Å². The van der Waals surface area contributed by atoms with Crippen molar-refractivity contribution in [2.45, 2.75) is 179 Å². The number of esters is 1. The molecule has 3 fully saturated rings. The molecule has 0 bridgehead atoms. The van der Waals surface area contributed by atoms with Gasteiger partial charge in [0.1, 0.15) is 29.7 Å². The summed E-state index contributed by atoms with van der Waals surface area (Å²) in [5, 5.41) is 45.6. The number of methoxy groups -OCH3 is 2. The first kappa shape index (κ1) is 45.1. The van der Waals surface area contributed by atoms with Crippen LogP contribution in [0.2, 0.25) is 0 Å². The number of ether oxygens (including phenoxy) is 7. The maximum absolute atomic E-state index is 14.2. The van der Waals surface area contributed by atoms with E-state index in [-0.39, 0.29) is 37.2 Å². The van der Waals surface area contributed by atoms with Crippen molar-refractivity contribution in [2.24, 2.45) is 23.7 Å². The van der Waals surface area contributed by atoms with Crippen LogP contribution in [-0.4, -0.2) is 150 Å². The molecule has 304 valence electrons.